The van der Waals surface area contributed by atoms with Crippen LogP contribution >= 0.6 is 0 Å². The highest BCUT2D eigenvalue weighted by molar-refractivity contribution is 5.80. The monoisotopic (exact) mass is 348 g/mol. The van der Waals surface area contributed by atoms with Crippen LogP contribution < -0.4 is 10.1 Å². The Bertz CT molecular complexity index is 576. The lowest BCUT2D eigenvalue weighted by Crippen LogP contribution is -2.48. The van der Waals surface area contributed by atoms with E-state index < -0.39 is 12.0 Å². The molecule has 1 aliphatic heterocycles. The first-order valence-corrected chi connectivity index (χ1v) is 9.05. The van der Waals surface area contributed by atoms with Crippen LogP contribution in [0.1, 0.15) is 44.6 Å². The Morgan fingerprint density at radius 3 is 2.96 bits per heavy atom. The van der Waals surface area contributed by atoms with Gasteiger partial charge < -0.3 is 15.2 Å². The average molecular weight is 348 g/mol. The molecule has 1 aromatic carbocycles. The Hall–Kier alpha value is -2.08. The van der Waals surface area contributed by atoms with E-state index in [1.807, 2.05) is 24.3 Å². The van der Waals surface area contributed by atoms with E-state index in [2.05, 4.69) is 12.2 Å². The third kappa shape index (κ3) is 6.38. The molecule has 1 heterocycles. The van der Waals surface area contributed by atoms with Crippen molar-refractivity contribution < 1.29 is 19.4 Å². The minimum atomic E-state index is -0.843. The summed E-state index contributed by atoms with van der Waals surface area (Å²) in [5.41, 5.74) is 0.968. The van der Waals surface area contributed by atoms with Crippen molar-refractivity contribution in [3.8, 4) is 5.75 Å². The molecule has 0 aromatic heterocycles. The molecular weight excluding hydrogens is 320 g/mol. The van der Waals surface area contributed by atoms with Gasteiger partial charge in [-0.15, -0.1) is 0 Å². The van der Waals surface area contributed by atoms with Gasteiger partial charge in [-0.2, -0.15) is 0 Å². The van der Waals surface area contributed by atoms with Crippen molar-refractivity contribution in [3.05, 3.63) is 29.8 Å². The maximum Gasteiger partial charge on any atom is 0.320 e. The molecule has 1 amide bonds. The van der Waals surface area contributed by atoms with Gasteiger partial charge in [0.05, 0.1) is 13.2 Å². The number of ether oxygens (including phenoxy) is 1. The molecule has 1 atom stereocenters. The summed E-state index contributed by atoms with van der Waals surface area (Å²) in [6, 6.07) is 7.14. The molecule has 1 aliphatic rings. The summed E-state index contributed by atoms with van der Waals surface area (Å²) in [4.78, 5) is 25.2. The number of nitrogens with zero attached hydrogens (tertiary/aromatic N) is 1. The van der Waals surface area contributed by atoms with E-state index in [-0.39, 0.29) is 12.5 Å². The Morgan fingerprint density at radius 2 is 2.20 bits per heavy atom. The van der Waals surface area contributed by atoms with E-state index in [1.54, 1.807) is 4.90 Å². The summed E-state index contributed by atoms with van der Waals surface area (Å²) in [7, 11) is 0. The van der Waals surface area contributed by atoms with Gasteiger partial charge in [0.2, 0.25) is 5.91 Å². The first-order valence-electron chi connectivity index (χ1n) is 9.05. The summed E-state index contributed by atoms with van der Waals surface area (Å²) >= 11 is 0. The number of carboxylic acid groups (broad SMARTS) is 1. The van der Waals surface area contributed by atoms with E-state index in [0.717, 1.165) is 37.0 Å². The van der Waals surface area contributed by atoms with Crippen molar-refractivity contribution in [1.29, 1.82) is 0 Å². The predicted octanol–water partition coefficient (Wildman–Crippen LogP) is 2.42. The number of amides is 1. The minimum absolute atomic E-state index is 0.129. The number of hydrogen-bond acceptors (Lipinski definition) is 4. The van der Waals surface area contributed by atoms with Crippen LogP contribution in [0.25, 0.3) is 0 Å². The van der Waals surface area contributed by atoms with Gasteiger partial charge in [-0.3, -0.25) is 14.5 Å². The van der Waals surface area contributed by atoms with Crippen LogP contribution in [0.2, 0.25) is 0 Å². The minimum Gasteiger partial charge on any atom is -0.494 e. The molecular formula is C19H28N2O4. The fourth-order valence-corrected chi connectivity index (χ4v) is 2.98. The number of carboxylic acids is 1. The summed E-state index contributed by atoms with van der Waals surface area (Å²) in [6.45, 7) is 4.01. The van der Waals surface area contributed by atoms with Crippen molar-refractivity contribution in [2.45, 2.75) is 51.6 Å². The Balaban J connectivity index is 1.81. The number of rotatable bonds is 9. The summed E-state index contributed by atoms with van der Waals surface area (Å²) in [5.74, 6) is -0.183. The first-order chi connectivity index (χ1) is 12.1. The zero-order valence-corrected chi connectivity index (χ0v) is 14.9. The van der Waals surface area contributed by atoms with Gasteiger partial charge in [0.1, 0.15) is 11.8 Å². The molecule has 25 heavy (non-hydrogen) atoms. The largest absolute Gasteiger partial charge is 0.494 e. The number of benzene rings is 1. The summed E-state index contributed by atoms with van der Waals surface area (Å²) < 4.78 is 5.67. The van der Waals surface area contributed by atoms with Crippen molar-refractivity contribution in [2.24, 2.45) is 0 Å². The quantitative estimate of drug-likeness (QED) is 0.670. The molecule has 0 saturated carbocycles. The van der Waals surface area contributed by atoms with Gasteiger partial charge in [-0.05, 0) is 43.5 Å². The van der Waals surface area contributed by atoms with Gasteiger partial charge in [0.25, 0.3) is 0 Å². The molecule has 1 fully saturated rings. The third-order valence-electron chi connectivity index (χ3n) is 4.40. The third-order valence-corrected chi connectivity index (χ3v) is 4.40. The van der Waals surface area contributed by atoms with Gasteiger partial charge in [0.15, 0.2) is 0 Å². The fraction of sp³-hybridized carbons (Fsp3) is 0.579. The number of carbonyl (C=O) groups is 2. The lowest BCUT2D eigenvalue weighted by molar-refractivity contribution is -0.145. The van der Waals surface area contributed by atoms with Gasteiger partial charge in [-0.25, -0.2) is 0 Å². The lowest BCUT2D eigenvalue weighted by Gasteiger charge is -2.32. The van der Waals surface area contributed by atoms with Gasteiger partial charge in [0, 0.05) is 6.54 Å². The second-order valence-electron chi connectivity index (χ2n) is 6.45. The Morgan fingerprint density at radius 1 is 1.36 bits per heavy atom. The molecule has 1 aromatic rings. The first kappa shape index (κ1) is 19.2. The van der Waals surface area contributed by atoms with Crippen LogP contribution in [0.3, 0.4) is 0 Å². The van der Waals surface area contributed by atoms with Crippen LogP contribution in [-0.2, 0) is 16.1 Å². The van der Waals surface area contributed by atoms with E-state index in [0.29, 0.717) is 26.1 Å². The second-order valence-corrected chi connectivity index (χ2v) is 6.45. The molecule has 6 heteroatoms. The molecule has 1 unspecified atom stereocenters. The SMILES string of the molecule is CCCCOc1cccc(CNC(=O)CN2CCCCC2C(=O)O)c1. The number of piperidine rings is 1. The lowest BCUT2D eigenvalue weighted by atomic mass is 10.0. The molecule has 0 radical (unpaired) electrons. The molecule has 1 saturated heterocycles. The molecule has 6 nitrogen and oxygen atoms in total. The van der Waals surface area contributed by atoms with Gasteiger partial charge in [-0.1, -0.05) is 31.9 Å². The number of carbonyl (C=O) groups excluding carboxylic acids is 1. The number of nitrogens with one attached hydrogen (secondary N) is 1. The molecule has 0 bridgehead atoms. The van der Waals surface area contributed by atoms with Crippen LogP contribution in [0.5, 0.6) is 5.75 Å². The summed E-state index contributed by atoms with van der Waals surface area (Å²) in [6.07, 6.45) is 4.55. The molecule has 0 aliphatic carbocycles. The maximum absolute atomic E-state index is 12.2. The molecule has 138 valence electrons. The molecule has 2 rings (SSSR count). The normalized spacial score (nSPS) is 17.9. The number of likely N-dealkylation sites (tertiary alicyclic amines) is 1. The summed E-state index contributed by atoms with van der Waals surface area (Å²) in [5, 5.41) is 12.1. The number of hydrogen-bond donors (Lipinski definition) is 2. The highest BCUT2D eigenvalue weighted by Crippen LogP contribution is 2.17. The van der Waals surface area contributed by atoms with Gasteiger partial charge >= 0.3 is 5.97 Å². The topological polar surface area (TPSA) is 78.9 Å². The predicted molar refractivity (Wildman–Crippen MR) is 95.5 cm³/mol. The number of aliphatic carboxylic acids is 1. The Labute approximate surface area is 149 Å². The standard InChI is InChI=1S/C19H28N2O4/c1-2-3-11-25-16-8-6-7-15(12-16)13-20-18(22)14-21-10-5-4-9-17(21)19(23)24/h6-8,12,17H,2-5,9-11,13-14H2,1H3,(H,20,22)(H,23,24). The van der Waals surface area contributed by atoms with Crippen LogP contribution in [0.4, 0.5) is 0 Å². The maximum atomic E-state index is 12.2. The zero-order chi connectivity index (χ0) is 18.1. The van der Waals surface area contributed by atoms with E-state index >= 15 is 0 Å². The average Bonchev–Trinajstić information content (AvgIpc) is 2.61. The highest BCUT2D eigenvalue weighted by Gasteiger charge is 2.29. The van der Waals surface area contributed by atoms with E-state index in [4.69, 9.17) is 4.74 Å². The van der Waals surface area contributed by atoms with E-state index in [9.17, 15) is 14.7 Å². The number of unbranched alkanes of at least 4 members (excludes halogenated alkanes) is 1. The van der Waals surface area contributed by atoms with Crippen LogP contribution in [-0.4, -0.2) is 47.6 Å². The Kier molecular flexibility index (Phi) is 7.73. The van der Waals surface area contributed by atoms with Crippen molar-refractivity contribution in [2.75, 3.05) is 19.7 Å². The van der Waals surface area contributed by atoms with Crippen molar-refractivity contribution >= 4 is 11.9 Å². The van der Waals surface area contributed by atoms with Crippen molar-refractivity contribution in [3.63, 3.8) is 0 Å². The van der Waals surface area contributed by atoms with Crippen molar-refractivity contribution in [1.82, 2.24) is 10.2 Å². The van der Waals surface area contributed by atoms with E-state index in [1.165, 1.54) is 0 Å². The van der Waals surface area contributed by atoms with Crippen LogP contribution in [0, 0.1) is 0 Å². The highest BCUT2D eigenvalue weighted by atomic mass is 16.5. The molecule has 0 spiro atoms. The zero-order valence-electron chi connectivity index (χ0n) is 14.9. The van der Waals surface area contributed by atoms with Crippen LogP contribution in [0.15, 0.2) is 24.3 Å². The fourth-order valence-electron chi connectivity index (χ4n) is 2.98. The second kappa shape index (κ2) is 10.0. The smallest absolute Gasteiger partial charge is 0.320 e. The molecule has 2 N–H and O–H groups in total.